The molecule has 7 rings (SSSR count). The number of fused-ring (bicyclic) bond motifs is 1. The van der Waals surface area contributed by atoms with E-state index in [-0.39, 0.29) is 17.8 Å². The fourth-order valence-corrected chi connectivity index (χ4v) is 5.64. The van der Waals surface area contributed by atoms with E-state index in [0.717, 1.165) is 70.6 Å². The first-order valence-corrected chi connectivity index (χ1v) is 15.8. The van der Waals surface area contributed by atoms with Crippen LogP contribution in [0.2, 0.25) is 0 Å². The van der Waals surface area contributed by atoms with Crippen molar-refractivity contribution in [2.75, 3.05) is 19.5 Å². The number of nitrogens with one attached hydrogen (secondary N) is 1. The molecule has 0 atom stereocenters. The standard InChI is InChI=1S/C28H31N9O.C6H10O2/c1-15(2)23-19(11-17-14-36(3)35-26(17)32-23)27-33-24(25(37(27)4)16-9-10-16)18-7-6-8-21(29)20(18)12-30-22-13-31-34-28(22)38-5;1-2-8-6(7)5-3-4-5/h6-8,11-16H,9-10,29H2,1-5H3,(H,31,34);5H,2-4H2,1H3. The van der Waals surface area contributed by atoms with Crippen molar-refractivity contribution in [1.29, 1.82) is 0 Å². The summed E-state index contributed by atoms with van der Waals surface area (Å²) in [6.45, 7) is 6.67. The van der Waals surface area contributed by atoms with Crippen LogP contribution in [0.5, 0.6) is 5.88 Å². The van der Waals surface area contributed by atoms with Crippen LogP contribution < -0.4 is 10.5 Å². The monoisotopic (exact) mass is 623 g/mol. The van der Waals surface area contributed by atoms with Gasteiger partial charge in [0.1, 0.15) is 11.5 Å². The molecule has 12 heteroatoms. The molecule has 1 aromatic carbocycles. The largest absolute Gasteiger partial charge is 0.480 e. The Morgan fingerprint density at radius 3 is 2.63 bits per heavy atom. The van der Waals surface area contributed by atoms with E-state index in [4.69, 9.17) is 25.2 Å². The molecule has 4 aromatic heterocycles. The molecule has 0 radical (unpaired) electrons. The molecule has 2 aliphatic rings. The predicted molar refractivity (Wildman–Crippen MR) is 178 cm³/mol. The van der Waals surface area contributed by atoms with E-state index in [1.807, 2.05) is 32.3 Å². The SMILES string of the molecule is CCOC(=O)C1CC1.COc1[nH]ncc1N=Cc1c(N)cccc1-c1nc(-c2cc3cn(C)nc3nc2C(C)C)n(C)c1C1CC1. The zero-order valence-electron chi connectivity index (χ0n) is 27.2. The Balaban J connectivity index is 0.000000407. The number of methoxy groups -OCH3 is 1. The van der Waals surface area contributed by atoms with Gasteiger partial charge in [0, 0.05) is 65.9 Å². The summed E-state index contributed by atoms with van der Waals surface area (Å²) in [7, 11) is 5.60. The zero-order valence-corrected chi connectivity index (χ0v) is 27.2. The molecule has 5 aromatic rings. The normalized spacial score (nSPS) is 14.6. The van der Waals surface area contributed by atoms with E-state index in [9.17, 15) is 4.79 Å². The number of aryl methyl sites for hydroxylation is 1. The summed E-state index contributed by atoms with van der Waals surface area (Å²) in [4.78, 5) is 25.4. The third-order valence-corrected chi connectivity index (χ3v) is 8.24. The number of rotatable bonds is 9. The first-order valence-electron chi connectivity index (χ1n) is 15.8. The van der Waals surface area contributed by atoms with Gasteiger partial charge in [-0.3, -0.25) is 9.48 Å². The number of aromatic amines is 1. The Morgan fingerprint density at radius 2 is 1.96 bits per heavy atom. The molecular formula is C34H41N9O3. The van der Waals surface area contributed by atoms with E-state index in [2.05, 4.69) is 57.9 Å². The molecule has 3 N–H and O–H groups in total. The number of carbonyl (C=O) groups is 1. The van der Waals surface area contributed by atoms with E-state index in [1.165, 1.54) is 5.69 Å². The molecule has 2 aliphatic carbocycles. The lowest BCUT2D eigenvalue weighted by Crippen LogP contribution is -2.04. The molecule has 0 saturated heterocycles. The van der Waals surface area contributed by atoms with Gasteiger partial charge in [-0.25, -0.2) is 20.1 Å². The number of anilines is 1. The molecule has 240 valence electrons. The van der Waals surface area contributed by atoms with Crippen LogP contribution in [0.1, 0.15) is 75.2 Å². The summed E-state index contributed by atoms with van der Waals surface area (Å²) in [6.07, 6.45) is 9.75. The van der Waals surface area contributed by atoms with Crippen molar-refractivity contribution < 1.29 is 14.3 Å². The van der Waals surface area contributed by atoms with Crippen molar-refractivity contribution >= 4 is 34.6 Å². The van der Waals surface area contributed by atoms with E-state index in [1.54, 1.807) is 24.2 Å². The maximum absolute atomic E-state index is 10.6. The Bertz CT molecular complexity index is 1910. The van der Waals surface area contributed by atoms with Gasteiger partial charge in [-0.15, -0.1) is 0 Å². The third kappa shape index (κ3) is 6.24. The van der Waals surface area contributed by atoms with Gasteiger partial charge in [-0.2, -0.15) is 10.2 Å². The number of aromatic nitrogens is 7. The number of hydrogen-bond donors (Lipinski definition) is 2. The number of hydrogen-bond acceptors (Lipinski definition) is 9. The highest BCUT2D eigenvalue weighted by Gasteiger charge is 2.34. The topological polar surface area (TPSA) is 151 Å². The smallest absolute Gasteiger partial charge is 0.308 e. The maximum atomic E-state index is 10.6. The molecule has 0 spiro atoms. The summed E-state index contributed by atoms with van der Waals surface area (Å²) in [5, 5.41) is 12.3. The minimum Gasteiger partial charge on any atom is -0.480 e. The number of H-pyrrole nitrogens is 1. The number of aliphatic imine (C=N–C) groups is 1. The number of nitrogen functional groups attached to an aromatic ring is 1. The van der Waals surface area contributed by atoms with Crippen molar-refractivity contribution in [2.24, 2.45) is 25.0 Å². The Hall–Kier alpha value is -5.00. The average molecular weight is 624 g/mol. The molecule has 0 amide bonds. The molecule has 4 heterocycles. The molecule has 0 bridgehead atoms. The van der Waals surface area contributed by atoms with Crippen molar-refractivity contribution in [1.82, 2.24) is 34.5 Å². The highest BCUT2D eigenvalue weighted by atomic mass is 16.5. The average Bonchev–Trinajstić information content (AvgIpc) is 3.95. The van der Waals surface area contributed by atoms with Crippen molar-refractivity contribution in [3.63, 3.8) is 0 Å². The predicted octanol–water partition coefficient (Wildman–Crippen LogP) is 6.06. The second-order valence-corrected chi connectivity index (χ2v) is 12.2. The molecule has 0 aliphatic heterocycles. The molecule has 0 unspecified atom stereocenters. The van der Waals surface area contributed by atoms with Crippen LogP contribution in [0.25, 0.3) is 33.7 Å². The Labute approximate surface area is 268 Å². The number of carbonyl (C=O) groups excluding carboxylic acids is 1. The molecular weight excluding hydrogens is 582 g/mol. The Kier molecular flexibility index (Phi) is 8.61. The van der Waals surface area contributed by atoms with Crippen LogP contribution in [-0.2, 0) is 23.6 Å². The molecule has 12 nitrogen and oxygen atoms in total. The van der Waals surface area contributed by atoms with Gasteiger partial charge in [-0.1, -0.05) is 26.0 Å². The third-order valence-electron chi connectivity index (χ3n) is 8.24. The number of nitrogens with zero attached hydrogens (tertiary/aromatic N) is 7. The lowest BCUT2D eigenvalue weighted by Gasteiger charge is -2.12. The molecule has 46 heavy (non-hydrogen) atoms. The van der Waals surface area contributed by atoms with Crippen LogP contribution in [0.4, 0.5) is 11.4 Å². The van der Waals surface area contributed by atoms with Gasteiger partial charge in [0.25, 0.3) is 0 Å². The van der Waals surface area contributed by atoms with Crippen molar-refractivity contribution in [2.45, 2.75) is 58.3 Å². The lowest BCUT2D eigenvalue weighted by atomic mass is 10.0. The first kappa shape index (κ1) is 31.0. The fraction of sp³-hybridized carbons (Fsp3) is 0.412. The summed E-state index contributed by atoms with van der Waals surface area (Å²) in [5.74, 6) is 2.30. The van der Waals surface area contributed by atoms with E-state index < -0.39 is 0 Å². The van der Waals surface area contributed by atoms with Crippen molar-refractivity contribution in [3.05, 3.63) is 53.6 Å². The summed E-state index contributed by atoms with van der Waals surface area (Å²) >= 11 is 0. The fourth-order valence-electron chi connectivity index (χ4n) is 5.64. The van der Waals surface area contributed by atoms with Crippen LogP contribution in [0.15, 0.2) is 41.7 Å². The number of ether oxygens (including phenoxy) is 2. The van der Waals surface area contributed by atoms with Crippen LogP contribution in [0.3, 0.4) is 0 Å². The first-order chi connectivity index (χ1) is 22.2. The van der Waals surface area contributed by atoms with E-state index in [0.29, 0.717) is 29.8 Å². The molecule has 2 saturated carbocycles. The van der Waals surface area contributed by atoms with Gasteiger partial charge in [0.05, 0.1) is 37.2 Å². The zero-order chi connectivity index (χ0) is 32.5. The van der Waals surface area contributed by atoms with Gasteiger partial charge < -0.3 is 19.8 Å². The maximum Gasteiger partial charge on any atom is 0.308 e. The number of imidazole rings is 1. The summed E-state index contributed by atoms with van der Waals surface area (Å²) < 4.78 is 14.1. The van der Waals surface area contributed by atoms with Crippen molar-refractivity contribution in [3.8, 4) is 28.5 Å². The highest BCUT2D eigenvalue weighted by molar-refractivity contribution is 5.97. The second-order valence-electron chi connectivity index (χ2n) is 12.2. The quantitative estimate of drug-likeness (QED) is 0.114. The summed E-state index contributed by atoms with van der Waals surface area (Å²) in [5.41, 5.74) is 14.4. The number of nitrogens with two attached hydrogens (primary N) is 1. The second kappa shape index (κ2) is 12.8. The lowest BCUT2D eigenvalue weighted by molar-refractivity contribution is -0.144. The van der Waals surface area contributed by atoms with E-state index >= 15 is 0 Å². The van der Waals surface area contributed by atoms with Gasteiger partial charge >= 0.3 is 5.97 Å². The Morgan fingerprint density at radius 1 is 1.17 bits per heavy atom. The minimum atomic E-state index is -0.00694. The highest BCUT2D eigenvalue weighted by Crippen LogP contribution is 2.47. The number of pyridine rings is 1. The number of benzene rings is 1. The minimum absolute atomic E-state index is 0.00694. The van der Waals surface area contributed by atoms with Gasteiger partial charge in [0.2, 0.25) is 5.88 Å². The number of esters is 1. The van der Waals surface area contributed by atoms with Crippen LogP contribution in [0, 0.1) is 5.92 Å². The molecule has 2 fully saturated rings. The van der Waals surface area contributed by atoms with Crippen LogP contribution in [-0.4, -0.2) is 60.4 Å². The van der Waals surface area contributed by atoms with Gasteiger partial charge in [-0.05, 0) is 50.7 Å². The van der Waals surface area contributed by atoms with Gasteiger partial charge in [0.15, 0.2) is 5.65 Å². The summed E-state index contributed by atoms with van der Waals surface area (Å²) in [6, 6.07) is 8.08. The van der Waals surface area contributed by atoms with Crippen LogP contribution >= 0.6 is 0 Å².